The number of halogens is 3. The molecule has 0 rings (SSSR count). The summed E-state index contributed by atoms with van der Waals surface area (Å²) >= 11 is 0. The van der Waals surface area contributed by atoms with Crippen molar-refractivity contribution in [3.05, 3.63) is 12.7 Å². The smallest absolute Gasteiger partial charge is 0.381 e. The van der Waals surface area contributed by atoms with E-state index in [9.17, 15) is 13.2 Å². The van der Waals surface area contributed by atoms with Gasteiger partial charge in [-0.1, -0.05) is 19.9 Å². The second-order valence-corrected chi connectivity index (χ2v) is 7.02. The molecule has 0 saturated heterocycles. The van der Waals surface area contributed by atoms with E-state index in [1.807, 2.05) is 6.08 Å². The van der Waals surface area contributed by atoms with Gasteiger partial charge < -0.3 is 9.47 Å². The van der Waals surface area contributed by atoms with Gasteiger partial charge in [-0.15, -0.1) is 6.58 Å². The molecule has 0 fully saturated rings. The molecule has 0 aliphatic heterocycles. The second-order valence-electron chi connectivity index (χ2n) is 7.02. The minimum absolute atomic E-state index is 0.0375. The van der Waals surface area contributed by atoms with E-state index >= 15 is 0 Å². The summed E-state index contributed by atoms with van der Waals surface area (Å²) in [6.45, 7) is 13.0. The fourth-order valence-corrected chi connectivity index (χ4v) is 2.34. The molecule has 0 atom stereocenters. The molecule has 0 amide bonds. The van der Waals surface area contributed by atoms with Gasteiger partial charge in [0, 0.05) is 13.2 Å². The van der Waals surface area contributed by atoms with Crippen molar-refractivity contribution >= 4 is 0 Å². The highest BCUT2D eigenvalue weighted by atomic mass is 19.4. The van der Waals surface area contributed by atoms with Crippen LogP contribution in [0.2, 0.25) is 0 Å². The molecule has 0 N–H and O–H groups in total. The first-order valence-corrected chi connectivity index (χ1v) is 7.89. The number of rotatable bonds is 12. The number of ether oxygens (including phenoxy) is 2. The third-order valence-corrected chi connectivity index (χ3v) is 3.39. The van der Waals surface area contributed by atoms with E-state index in [1.165, 1.54) is 0 Å². The summed E-state index contributed by atoms with van der Waals surface area (Å²) < 4.78 is 46.5. The Labute approximate surface area is 133 Å². The number of hydrogen-bond donors (Lipinski definition) is 0. The zero-order valence-corrected chi connectivity index (χ0v) is 14.4. The van der Waals surface area contributed by atoms with Crippen LogP contribution in [0.5, 0.6) is 0 Å². The monoisotopic (exact) mass is 324 g/mol. The Morgan fingerprint density at radius 3 is 2.05 bits per heavy atom. The van der Waals surface area contributed by atoms with Crippen molar-refractivity contribution in [2.75, 3.05) is 19.8 Å². The van der Waals surface area contributed by atoms with Crippen molar-refractivity contribution in [3.63, 3.8) is 0 Å². The average Bonchev–Trinajstić information content (AvgIpc) is 2.34. The highest BCUT2D eigenvalue weighted by molar-refractivity contribution is 4.92. The van der Waals surface area contributed by atoms with Crippen LogP contribution < -0.4 is 0 Å². The summed E-state index contributed by atoms with van der Waals surface area (Å²) in [5, 5.41) is 0. The molecule has 0 aromatic heterocycles. The molecule has 0 aromatic carbocycles. The summed E-state index contributed by atoms with van der Waals surface area (Å²) in [5.41, 5.74) is -0.170. The molecule has 0 aromatic rings. The van der Waals surface area contributed by atoms with E-state index in [2.05, 4.69) is 34.3 Å². The van der Waals surface area contributed by atoms with Crippen molar-refractivity contribution in [2.24, 2.45) is 5.41 Å². The number of unbranched alkanes of at least 4 members (excludes halogenated alkanes) is 2. The predicted molar refractivity (Wildman–Crippen MR) is 84.0 cm³/mol. The van der Waals surface area contributed by atoms with E-state index in [0.29, 0.717) is 13.2 Å². The van der Waals surface area contributed by atoms with Crippen LogP contribution in [0.25, 0.3) is 0 Å². The van der Waals surface area contributed by atoms with Crippen LogP contribution in [-0.2, 0) is 9.47 Å². The normalized spacial score (nSPS) is 13.4. The van der Waals surface area contributed by atoms with Gasteiger partial charge in [-0.25, -0.2) is 0 Å². The molecular formula is C17H31F3O2. The highest BCUT2D eigenvalue weighted by Gasteiger charge is 2.27. The first kappa shape index (κ1) is 21.4. The number of alkyl halides is 3. The molecular weight excluding hydrogens is 293 g/mol. The van der Waals surface area contributed by atoms with Crippen LogP contribution in [0.4, 0.5) is 13.2 Å². The lowest BCUT2D eigenvalue weighted by Gasteiger charge is -2.33. The zero-order chi connectivity index (χ0) is 17.3. The molecule has 22 heavy (non-hydrogen) atoms. The van der Waals surface area contributed by atoms with Crippen LogP contribution in [0.1, 0.15) is 59.8 Å². The van der Waals surface area contributed by atoms with Gasteiger partial charge in [0.25, 0.3) is 0 Å². The van der Waals surface area contributed by atoms with Crippen molar-refractivity contribution < 1.29 is 22.6 Å². The highest BCUT2D eigenvalue weighted by Crippen LogP contribution is 2.31. The van der Waals surface area contributed by atoms with Gasteiger partial charge >= 0.3 is 6.18 Å². The Morgan fingerprint density at radius 2 is 1.50 bits per heavy atom. The quantitative estimate of drug-likeness (QED) is 0.347. The third kappa shape index (κ3) is 13.1. The van der Waals surface area contributed by atoms with Crippen molar-refractivity contribution in [1.29, 1.82) is 0 Å². The molecule has 0 saturated carbocycles. The minimum atomic E-state index is -4.13. The van der Waals surface area contributed by atoms with E-state index in [1.54, 1.807) is 0 Å². The van der Waals surface area contributed by atoms with E-state index in [4.69, 9.17) is 9.47 Å². The van der Waals surface area contributed by atoms with Crippen LogP contribution in [0.15, 0.2) is 12.7 Å². The molecule has 0 aliphatic rings. The van der Waals surface area contributed by atoms with Crippen LogP contribution in [-0.4, -0.2) is 31.6 Å². The average molecular weight is 324 g/mol. The van der Waals surface area contributed by atoms with Crippen molar-refractivity contribution in [2.45, 2.75) is 71.6 Å². The lowest BCUT2D eigenvalue weighted by molar-refractivity contribution is -0.145. The van der Waals surface area contributed by atoms with Gasteiger partial charge in [-0.2, -0.15) is 13.2 Å². The molecule has 5 heteroatoms. The maximum absolute atomic E-state index is 11.9. The maximum atomic E-state index is 11.9. The number of hydrogen-bond acceptors (Lipinski definition) is 2. The van der Waals surface area contributed by atoms with Gasteiger partial charge in [-0.05, 0) is 44.9 Å². The van der Waals surface area contributed by atoms with Gasteiger partial charge in [0.2, 0.25) is 0 Å². The first-order chi connectivity index (χ1) is 9.97. The summed E-state index contributed by atoms with van der Waals surface area (Å²) in [6.07, 6.45) is 0.385. The second kappa shape index (κ2) is 9.56. The molecule has 2 nitrogen and oxygen atoms in total. The van der Waals surface area contributed by atoms with Gasteiger partial charge in [0.1, 0.15) is 0 Å². The standard InChI is InChI=1S/C17H31F3O2/c1-6-15(2,3)14-16(4,5)22-12-9-7-8-11-21-13-10-17(18,19)20/h6H,1,7-14H2,2-5H3. The van der Waals surface area contributed by atoms with Crippen molar-refractivity contribution in [3.8, 4) is 0 Å². The first-order valence-electron chi connectivity index (χ1n) is 7.89. The fourth-order valence-electron chi connectivity index (χ4n) is 2.34. The summed E-state index contributed by atoms with van der Waals surface area (Å²) in [4.78, 5) is 0. The van der Waals surface area contributed by atoms with Crippen LogP contribution in [0.3, 0.4) is 0 Å². The minimum Gasteiger partial charge on any atom is -0.381 e. The summed E-state index contributed by atoms with van der Waals surface area (Å²) in [5.74, 6) is 0. The van der Waals surface area contributed by atoms with Gasteiger partial charge in [-0.3, -0.25) is 0 Å². The molecule has 0 radical (unpaired) electrons. The Hall–Kier alpha value is -0.550. The zero-order valence-electron chi connectivity index (χ0n) is 14.4. The Morgan fingerprint density at radius 1 is 0.909 bits per heavy atom. The largest absolute Gasteiger partial charge is 0.391 e. The predicted octanol–water partition coefficient (Wildman–Crippen LogP) is 5.52. The third-order valence-electron chi connectivity index (χ3n) is 3.39. The lowest BCUT2D eigenvalue weighted by Crippen LogP contribution is -2.31. The van der Waals surface area contributed by atoms with E-state index in [-0.39, 0.29) is 17.6 Å². The van der Waals surface area contributed by atoms with Crippen molar-refractivity contribution in [1.82, 2.24) is 0 Å². The molecule has 0 spiro atoms. The van der Waals surface area contributed by atoms with Gasteiger partial charge in [0.15, 0.2) is 0 Å². The van der Waals surface area contributed by atoms with Gasteiger partial charge in [0.05, 0.1) is 18.6 Å². The molecule has 0 unspecified atom stereocenters. The van der Waals surface area contributed by atoms with Crippen LogP contribution in [0, 0.1) is 5.41 Å². The molecule has 0 bridgehead atoms. The Bertz CT molecular complexity index is 310. The molecule has 0 heterocycles. The maximum Gasteiger partial charge on any atom is 0.391 e. The van der Waals surface area contributed by atoms with E-state index in [0.717, 1.165) is 25.7 Å². The number of allylic oxidation sites excluding steroid dienone is 1. The van der Waals surface area contributed by atoms with E-state index < -0.39 is 12.6 Å². The lowest BCUT2D eigenvalue weighted by atomic mass is 9.82. The fraction of sp³-hybridized carbons (Fsp3) is 0.882. The summed E-state index contributed by atoms with van der Waals surface area (Å²) in [7, 11) is 0. The topological polar surface area (TPSA) is 18.5 Å². The Balaban J connectivity index is 3.59. The summed E-state index contributed by atoms with van der Waals surface area (Å²) in [6, 6.07) is 0. The SMILES string of the molecule is C=CC(C)(C)CC(C)(C)OCCCCCOCCC(F)(F)F. The molecule has 0 aliphatic carbocycles. The van der Waals surface area contributed by atoms with Crippen LogP contribution >= 0.6 is 0 Å². The Kier molecular flexibility index (Phi) is 9.32. The molecule has 132 valence electrons.